The third kappa shape index (κ3) is 4.03. The van der Waals surface area contributed by atoms with Crippen molar-refractivity contribution in [1.82, 2.24) is 4.72 Å². The minimum Gasteiger partial charge on any atom is -0.320 e. The van der Waals surface area contributed by atoms with E-state index in [0.717, 1.165) is 25.3 Å². The summed E-state index contributed by atoms with van der Waals surface area (Å²) in [5.74, 6) is 4.86. The maximum atomic E-state index is 13.8. The summed E-state index contributed by atoms with van der Waals surface area (Å²) < 4.78 is 40.8. The zero-order valence-corrected chi connectivity index (χ0v) is 12.7. The van der Waals surface area contributed by atoms with E-state index in [0.29, 0.717) is 5.92 Å². The van der Waals surface area contributed by atoms with Crippen molar-refractivity contribution in [2.45, 2.75) is 37.1 Å². The molecule has 6 heteroatoms. The van der Waals surface area contributed by atoms with Gasteiger partial charge >= 0.3 is 0 Å². The van der Waals surface area contributed by atoms with Crippen LogP contribution in [0.5, 0.6) is 0 Å². The molecule has 1 aromatic carbocycles. The molecule has 0 aromatic heterocycles. The average Bonchev–Trinajstić information content (AvgIpc) is 3.14. The lowest BCUT2D eigenvalue weighted by molar-refractivity contribution is 0.569. The van der Waals surface area contributed by atoms with E-state index in [-0.39, 0.29) is 23.0 Å². The Kier molecular flexibility index (Phi) is 4.99. The molecule has 1 aromatic rings. The average molecular weight is 310 g/mol. The molecule has 1 aliphatic rings. The van der Waals surface area contributed by atoms with Crippen LogP contribution in [0.3, 0.4) is 0 Å². The van der Waals surface area contributed by atoms with Crippen molar-refractivity contribution in [3.8, 4) is 11.8 Å². The summed E-state index contributed by atoms with van der Waals surface area (Å²) in [6.45, 7) is 2.20. The maximum Gasteiger partial charge on any atom is 0.240 e. The topological polar surface area (TPSA) is 72.2 Å². The Labute approximate surface area is 125 Å². The van der Waals surface area contributed by atoms with Crippen LogP contribution in [0.25, 0.3) is 0 Å². The predicted octanol–water partition coefficient (Wildman–Crippen LogP) is 1.60. The van der Waals surface area contributed by atoms with Crippen LogP contribution in [-0.2, 0) is 10.0 Å². The van der Waals surface area contributed by atoms with Crippen molar-refractivity contribution >= 4 is 10.0 Å². The number of hydrogen-bond acceptors (Lipinski definition) is 3. The standard InChI is InChI=1S/C15H19FN2O2S/c1-2-4-12-9-15(12)18-21(19,20)13-7-6-11(5-3-8-17)14(16)10-13/h6-7,10,12,15,18H,2,4,8-9,17H2,1H3. The number of halogens is 1. The second kappa shape index (κ2) is 6.56. The minimum atomic E-state index is -3.67. The fourth-order valence-corrected chi connectivity index (χ4v) is 3.59. The Bertz CT molecular complexity index is 677. The molecule has 3 N–H and O–H groups in total. The van der Waals surface area contributed by atoms with Crippen LogP contribution < -0.4 is 10.5 Å². The SMILES string of the molecule is CCCC1CC1NS(=O)(=O)c1ccc(C#CCN)c(F)c1. The van der Waals surface area contributed by atoms with Crippen LogP contribution in [0.1, 0.15) is 31.7 Å². The van der Waals surface area contributed by atoms with Gasteiger partial charge in [-0.2, -0.15) is 0 Å². The van der Waals surface area contributed by atoms with Crippen LogP contribution in [0.4, 0.5) is 4.39 Å². The van der Waals surface area contributed by atoms with Gasteiger partial charge in [0.2, 0.25) is 10.0 Å². The van der Waals surface area contributed by atoms with E-state index in [2.05, 4.69) is 23.5 Å². The molecular formula is C15H19FN2O2S. The van der Waals surface area contributed by atoms with Gasteiger partial charge in [0.1, 0.15) is 5.82 Å². The van der Waals surface area contributed by atoms with Crippen LogP contribution >= 0.6 is 0 Å². The minimum absolute atomic E-state index is 0.0188. The molecule has 0 saturated heterocycles. The molecular weight excluding hydrogens is 291 g/mol. The highest BCUT2D eigenvalue weighted by Crippen LogP contribution is 2.35. The Balaban J connectivity index is 2.12. The van der Waals surface area contributed by atoms with Crippen molar-refractivity contribution in [2.75, 3.05) is 6.54 Å². The summed E-state index contributed by atoms with van der Waals surface area (Å²) in [5, 5.41) is 0. The summed E-state index contributed by atoms with van der Waals surface area (Å²) in [6.07, 6.45) is 2.90. The third-order valence-electron chi connectivity index (χ3n) is 3.46. The van der Waals surface area contributed by atoms with E-state index in [1.165, 1.54) is 12.1 Å². The van der Waals surface area contributed by atoms with E-state index in [4.69, 9.17) is 5.73 Å². The van der Waals surface area contributed by atoms with Gasteiger partial charge in [-0.25, -0.2) is 17.5 Å². The number of nitrogens with two attached hydrogens (primary N) is 1. The first-order chi connectivity index (χ1) is 9.97. The predicted molar refractivity (Wildman–Crippen MR) is 79.5 cm³/mol. The lowest BCUT2D eigenvalue weighted by Gasteiger charge is -2.07. The van der Waals surface area contributed by atoms with Gasteiger partial charge in [0.15, 0.2) is 0 Å². The van der Waals surface area contributed by atoms with Gasteiger partial charge in [-0.3, -0.25) is 0 Å². The molecule has 0 spiro atoms. The summed E-state index contributed by atoms with van der Waals surface area (Å²) in [6, 6.07) is 3.71. The Morgan fingerprint density at radius 2 is 2.24 bits per heavy atom. The summed E-state index contributed by atoms with van der Waals surface area (Å²) in [4.78, 5) is -0.0690. The molecule has 0 heterocycles. The quantitative estimate of drug-likeness (QED) is 0.812. The first kappa shape index (κ1) is 16.0. The molecule has 2 unspecified atom stereocenters. The second-order valence-corrected chi connectivity index (χ2v) is 6.87. The van der Waals surface area contributed by atoms with E-state index in [1.807, 2.05) is 0 Å². The van der Waals surface area contributed by atoms with Crippen molar-refractivity contribution < 1.29 is 12.8 Å². The smallest absolute Gasteiger partial charge is 0.240 e. The van der Waals surface area contributed by atoms with Crippen LogP contribution in [0.15, 0.2) is 23.1 Å². The molecule has 1 aliphatic carbocycles. The Morgan fingerprint density at radius 3 is 2.86 bits per heavy atom. The third-order valence-corrected chi connectivity index (χ3v) is 4.95. The number of hydrogen-bond donors (Lipinski definition) is 2. The number of benzene rings is 1. The maximum absolute atomic E-state index is 13.8. The van der Waals surface area contributed by atoms with Crippen LogP contribution in [0.2, 0.25) is 0 Å². The highest BCUT2D eigenvalue weighted by molar-refractivity contribution is 7.89. The zero-order valence-electron chi connectivity index (χ0n) is 11.9. The molecule has 0 radical (unpaired) electrons. The van der Waals surface area contributed by atoms with Gasteiger partial charge in [-0.05, 0) is 37.0 Å². The van der Waals surface area contributed by atoms with Crippen molar-refractivity contribution in [1.29, 1.82) is 0 Å². The first-order valence-corrected chi connectivity index (χ1v) is 8.47. The molecule has 1 saturated carbocycles. The number of rotatable bonds is 5. The van der Waals surface area contributed by atoms with Gasteiger partial charge < -0.3 is 5.73 Å². The highest BCUT2D eigenvalue weighted by atomic mass is 32.2. The summed E-state index contributed by atoms with van der Waals surface area (Å²) in [7, 11) is -3.67. The van der Waals surface area contributed by atoms with Gasteiger partial charge in [0.05, 0.1) is 17.0 Å². The van der Waals surface area contributed by atoms with Crippen molar-refractivity contribution in [3.63, 3.8) is 0 Å². The lowest BCUT2D eigenvalue weighted by Crippen LogP contribution is -2.27. The molecule has 21 heavy (non-hydrogen) atoms. The molecule has 0 bridgehead atoms. The Morgan fingerprint density at radius 1 is 1.48 bits per heavy atom. The van der Waals surface area contributed by atoms with Gasteiger partial charge in [-0.1, -0.05) is 25.2 Å². The largest absolute Gasteiger partial charge is 0.320 e. The van der Waals surface area contributed by atoms with Gasteiger partial charge in [-0.15, -0.1) is 0 Å². The van der Waals surface area contributed by atoms with Crippen molar-refractivity contribution in [3.05, 3.63) is 29.6 Å². The normalized spacial score (nSPS) is 20.7. The fraction of sp³-hybridized carbons (Fsp3) is 0.467. The van der Waals surface area contributed by atoms with E-state index in [1.54, 1.807) is 0 Å². The van der Waals surface area contributed by atoms with Gasteiger partial charge in [0, 0.05) is 6.04 Å². The molecule has 1 fully saturated rings. The monoisotopic (exact) mass is 310 g/mol. The lowest BCUT2D eigenvalue weighted by atomic mass is 10.2. The van der Waals surface area contributed by atoms with Gasteiger partial charge in [0.25, 0.3) is 0 Å². The molecule has 4 nitrogen and oxygen atoms in total. The van der Waals surface area contributed by atoms with Crippen molar-refractivity contribution in [2.24, 2.45) is 11.7 Å². The number of sulfonamides is 1. The molecule has 2 rings (SSSR count). The van der Waals surface area contributed by atoms with E-state index < -0.39 is 15.8 Å². The first-order valence-electron chi connectivity index (χ1n) is 6.98. The summed E-state index contributed by atoms with van der Waals surface area (Å²) >= 11 is 0. The molecule has 2 atom stereocenters. The van der Waals surface area contributed by atoms with Crippen LogP contribution in [0, 0.1) is 23.6 Å². The number of nitrogens with one attached hydrogen (secondary N) is 1. The molecule has 0 amide bonds. The Hall–Kier alpha value is -1.42. The van der Waals surface area contributed by atoms with E-state index >= 15 is 0 Å². The molecule has 114 valence electrons. The zero-order chi connectivity index (χ0) is 15.5. The fourth-order valence-electron chi connectivity index (χ4n) is 2.26. The highest BCUT2D eigenvalue weighted by Gasteiger charge is 2.39. The van der Waals surface area contributed by atoms with Crippen LogP contribution in [-0.4, -0.2) is 21.0 Å². The second-order valence-electron chi connectivity index (χ2n) is 5.16. The summed E-state index contributed by atoms with van der Waals surface area (Å²) in [5.41, 5.74) is 5.37. The molecule has 0 aliphatic heterocycles. The van der Waals surface area contributed by atoms with E-state index in [9.17, 15) is 12.8 Å².